The van der Waals surface area contributed by atoms with E-state index in [1.54, 1.807) is 11.3 Å². The van der Waals surface area contributed by atoms with E-state index in [4.69, 9.17) is 5.11 Å². The van der Waals surface area contributed by atoms with Gasteiger partial charge in [0.15, 0.2) is 0 Å². The van der Waals surface area contributed by atoms with E-state index in [1.807, 2.05) is 18.2 Å². The molecule has 1 aromatic carbocycles. The maximum Gasteiger partial charge on any atom is 0.0449 e. The molecule has 0 aliphatic heterocycles. The fraction of sp³-hybridized carbons (Fsp3) is 0.286. The predicted molar refractivity (Wildman–Crippen MR) is 72.0 cm³/mol. The van der Waals surface area contributed by atoms with Crippen molar-refractivity contribution in [2.45, 2.75) is 19.0 Å². The molecule has 0 amide bonds. The quantitative estimate of drug-likeness (QED) is 0.822. The van der Waals surface area contributed by atoms with Gasteiger partial charge in [0, 0.05) is 19.2 Å². The van der Waals surface area contributed by atoms with Crippen LogP contribution in [0.5, 0.6) is 0 Å². The van der Waals surface area contributed by atoms with Gasteiger partial charge < -0.3 is 10.4 Å². The minimum absolute atomic E-state index is 0.205. The summed E-state index contributed by atoms with van der Waals surface area (Å²) in [5.74, 6) is 0. The fourth-order valence-electron chi connectivity index (χ4n) is 1.84. The molecule has 0 aliphatic rings. The van der Waals surface area contributed by atoms with Crippen LogP contribution in [-0.4, -0.2) is 11.7 Å². The smallest absolute Gasteiger partial charge is 0.0449 e. The first kappa shape index (κ1) is 12.3. The van der Waals surface area contributed by atoms with E-state index >= 15 is 0 Å². The summed E-state index contributed by atoms with van der Waals surface area (Å²) in [6.45, 7) is 1.05. The lowest BCUT2D eigenvalue weighted by atomic mass is 10.0. The van der Waals surface area contributed by atoms with Crippen molar-refractivity contribution in [3.8, 4) is 0 Å². The van der Waals surface area contributed by atoms with E-state index in [1.165, 1.54) is 11.1 Å². The summed E-state index contributed by atoms with van der Waals surface area (Å²) in [4.78, 5) is 0. The highest BCUT2D eigenvalue weighted by Crippen LogP contribution is 2.17. The van der Waals surface area contributed by atoms with Crippen molar-refractivity contribution >= 4 is 11.3 Å². The van der Waals surface area contributed by atoms with Crippen LogP contribution in [0.4, 0.5) is 0 Å². The molecule has 0 radical (unpaired) electrons. The topological polar surface area (TPSA) is 32.3 Å². The van der Waals surface area contributed by atoms with E-state index in [0.717, 1.165) is 13.0 Å². The van der Waals surface area contributed by atoms with Gasteiger partial charge in [-0.1, -0.05) is 30.3 Å². The molecular formula is C14H17NOS. The van der Waals surface area contributed by atoms with E-state index in [9.17, 15) is 0 Å². The van der Waals surface area contributed by atoms with Gasteiger partial charge >= 0.3 is 0 Å². The molecule has 1 heterocycles. The molecule has 0 fully saturated rings. The van der Waals surface area contributed by atoms with Crippen LogP contribution in [0.2, 0.25) is 0 Å². The molecule has 0 saturated heterocycles. The largest absolute Gasteiger partial charge is 0.396 e. The summed E-state index contributed by atoms with van der Waals surface area (Å²) in [6.07, 6.45) is 0.744. The molecule has 2 aromatic rings. The Morgan fingerprint density at radius 2 is 2.00 bits per heavy atom. The number of thiophene rings is 1. The minimum atomic E-state index is 0.205. The molecule has 90 valence electrons. The molecule has 0 unspecified atom stereocenters. The Balaban J connectivity index is 1.98. The van der Waals surface area contributed by atoms with Gasteiger partial charge in [0.2, 0.25) is 0 Å². The van der Waals surface area contributed by atoms with Crippen LogP contribution in [0.25, 0.3) is 0 Å². The van der Waals surface area contributed by atoms with Gasteiger partial charge in [-0.3, -0.25) is 0 Å². The molecule has 0 bridgehead atoms. The highest BCUT2D eigenvalue weighted by Gasteiger charge is 2.09. The fourth-order valence-corrected chi connectivity index (χ4v) is 2.50. The molecule has 2 nitrogen and oxygen atoms in total. The molecule has 17 heavy (non-hydrogen) atoms. The zero-order chi connectivity index (χ0) is 11.9. The van der Waals surface area contributed by atoms with Crippen LogP contribution in [0.1, 0.15) is 23.6 Å². The second kappa shape index (κ2) is 6.55. The zero-order valence-corrected chi connectivity index (χ0v) is 10.5. The summed E-state index contributed by atoms with van der Waals surface area (Å²) >= 11 is 1.71. The predicted octanol–water partition coefficient (Wildman–Crippen LogP) is 2.96. The number of aliphatic hydroxyl groups excluding tert-OH is 1. The number of rotatable bonds is 6. The van der Waals surface area contributed by atoms with Crippen LogP contribution >= 0.6 is 11.3 Å². The number of aliphatic hydroxyl groups is 1. The molecule has 0 saturated carbocycles. The third kappa shape index (κ3) is 3.66. The Hall–Kier alpha value is -1.16. The summed E-state index contributed by atoms with van der Waals surface area (Å²) in [5, 5.41) is 16.8. The maximum atomic E-state index is 9.12. The first-order valence-electron chi connectivity index (χ1n) is 5.80. The Bertz CT molecular complexity index is 413. The van der Waals surface area contributed by atoms with Gasteiger partial charge in [-0.05, 0) is 34.4 Å². The number of benzene rings is 1. The molecule has 1 aromatic heterocycles. The zero-order valence-electron chi connectivity index (χ0n) is 9.67. The van der Waals surface area contributed by atoms with Gasteiger partial charge in [-0.25, -0.2) is 0 Å². The second-order valence-electron chi connectivity index (χ2n) is 3.99. The van der Waals surface area contributed by atoms with Crippen LogP contribution in [0.15, 0.2) is 47.2 Å². The second-order valence-corrected chi connectivity index (χ2v) is 4.77. The van der Waals surface area contributed by atoms with Crippen LogP contribution in [-0.2, 0) is 6.54 Å². The van der Waals surface area contributed by atoms with Crippen LogP contribution in [0.3, 0.4) is 0 Å². The summed E-state index contributed by atoms with van der Waals surface area (Å²) < 4.78 is 0. The van der Waals surface area contributed by atoms with E-state index < -0.39 is 0 Å². The average Bonchev–Trinajstić information content (AvgIpc) is 2.88. The first-order chi connectivity index (χ1) is 8.40. The van der Waals surface area contributed by atoms with Gasteiger partial charge in [0.05, 0.1) is 0 Å². The summed E-state index contributed by atoms with van der Waals surface area (Å²) in [5.41, 5.74) is 2.53. The molecule has 0 spiro atoms. The lowest BCUT2D eigenvalue weighted by Crippen LogP contribution is -2.21. The Kier molecular flexibility index (Phi) is 4.74. The van der Waals surface area contributed by atoms with Gasteiger partial charge in [-0.2, -0.15) is 11.3 Å². The van der Waals surface area contributed by atoms with Gasteiger partial charge in [-0.15, -0.1) is 0 Å². The van der Waals surface area contributed by atoms with Crippen molar-refractivity contribution in [2.24, 2.45) is 0 Å². The number of hydrogen-bond donors (Lipinski definition) is 2. The lowest BCUT2D eigenvalue weighted by Gasteiger charge is -2.17. The van der Waals surface area contributed by atoms with Crippen molar-refractivity contribution in [3.05, 3.63) is 58.3 Å². The Morgan fingerprint density at radius 1 is 1.18 bits per heavy atom. The van der Waals surface area contributed by atoms with Crippen LogP contribution in [0, 0.1) is 0 Å². The molecule has 0 aliphatic carbocycles. The van der Waals surface area contributed by atoms with Crippen molar-refractivity contribution in [1.29, 1.82) is 0 Å². The SMILES string of the molecule is OCC[C@@H](NCc1ccsc1)c1ccccc1. The van der Waals surface area contributed by atoms with Crippen LogP contribution < -0.4 is 5.32 Å². The Labute approximate surface area is 106 Å². The van der Waals surface area contributed by atoms with Crippen molar-refractivity contribution in [2.75, 3.05) is 6.61 Å². The van der Waals surface area contributed by atoms with Gasteiger partial charge in [0.25, 0.3) is 0 Å². The standard InChI is InChI=1S/C14H17NOS/c16-8-6-14(13-4-2-1-3-5-13)15-10-12-7-9-17-11-12/h1-5,7,9,11,14-16H,6,8,10H2/t14-/m1/s1. The van der Waals surface area contributed by atoms with E-state index in [-0.39, 0.29) is 12.6 Å². The number of nitrogens with one attached hydrogen (secondary N) is 1. The normalized spacial score (nSPS) is 12.5. The first-order valence-corrected chi connectivity index (χ1v) is 6.74. The maximum absolute atomic E-state index is 9.12. The molecule has 2 rings (SSSR count). The molecule has 2 N–H and O–H groups in total. The van der Waals surface area contributed by atoms with Crippen molar-refractivity contribution in [3.63, 3.8) is 0 Å². The number of hydrogen-bond acceptors (Lipinski definition) is 3. The highest BCUT2D eigenvalue weighted by molar-refractivity contribution is 7.07. The lowest BCUT2D eigenvalue weighted by molar-refractivity contribution is 0.265. The third-order valence-corrected chi connectivity index (χ3v) is 3.48. The third-order valence-electron chi connectivity index (χ3n) is 2.75. The average molecular weight is 247 g/mol. The Morgan fingerprint density at radius 3 is 2.65 bits per heavy atom. The summed E-state index contributed by atoms with van der Waals surface area (Å²) in [6, 6.07) is 12.6. The van der Waals surface area contributed by atoms with E-state index in [2.05, 4.69) is 34.3 Å². The monoisotopic (exact) mass is 247 g/mol. The molecule has 3 heteroatoms. The minimum Gasteiger partial charge on any atom is -0.396 e. The van der Waals surface area contributed by atoms with Crippen molar-refractivity contribution < 1.29 is 5.11 Å². The molecule has 1 atom stereocenters. The van der Waals surface area contributed by atoms with E-state index in [0.29, 0.717) is 0 Å². The highest BCUT2D eigenvalue weighted by atomic mass is 32.1. The van der Waals surface area contributed by atoms with Crippen molar-refractivity contribution in [1.82, 2.24) is 5.32 Å². The summed E-state index contributed by atoms with van der Waals surface area (Å²) in [7, 11) is 0. The van der Waals surface area contributed by atoms with Gasteiger partial charge in [0.1, 0.15) is 0 Å². The molecular weight excluding hydrogens is 230 g/mol.